The number of para-hydroxylation sites is 1. The number of rotatable bonds is 6. The lowest BCUT2D eigenvalue weighted by Crippen LogP contribution is -2.32. The number of hydrogen-bond acceptors (Lipinski definition) is 6. The molecule has 0 aliphatic rings. The Kier molecular flexibility index (Phi) is 5.14. The van der Waals surface area contributed by atoms with Crippen LogP contribution in [0, 0.1) is 0 Å². The molecule has 0 aliphatic carbocycles. The highest BCUT2D eigenvalue weighted by Gasteiger charge is 2.15. The van der Waals surface area contributed by atoms with Crippen LogP contribution in [0.4, 0.5) is 5.69 Å². The average molecular weight is 292 g/mol. The third-order valence-electron chi connectivity index (χ3n) is 2.63. The van der Waals surface area contributed by atoms with E-state index in [0.29, 0.717) is 17.7 Å². The van der Waals surface area contributed by atoms with Gasteiger partial charge >= 0.3 is 0 Å². The number of nitrogens with zero attached hydrogens (tertiary/aromatic N) is 3. The highest BCUT2D eigenvalue weighted by molar-refractivity contribution is 7.99. The van der Waals surface area contributed by atoms with Crippen LogP contribution >= 0.6 is 11.8 Å². The van der Waals surface area contributed by atoms with E-state index in [-0.39, 0.29) is 18.2 Å². The van der Waals surface area contributed by atoms with Gasteiger partial charge in [0.25, 0.3) is 5.22 Å². The number of aromatic nitrogens is 2. The quantitative estimate of drug-likeness (QED) is 0.815. The van der Waals surface area contributed by atoms with Crippen LogP contribution in [0.5, 0.6) is 0 Å². The van der Waals surface area contributed by atoms with E-state index in [1.807, 2.05) is 37.3 Å². The van der Waals surface area contributed by atoms with Crippen molar-refractivity contribution in [1.82, 2.24) is 10.2 Å². The van der Waals surface area contributed by atoms with Gasteiger partial charge in [0, 0.05) is 12.2 Å². The standard InChI is InChI=1S/C13H16N4O2S/c1-2-17(10-6-4-3-5-7-10)12(18)9-20-13-16-15-11(8-14)19-13/h3-7H,2,8-9,14H2,1H3. The van der Waals surface area contributed by atoms with Gasteiger partial charge in [-0.05, 0) is 19.1 Å². The number of carbonyl (C=O) groups is 1. The first-order chi connectivity index (χ1) is 9.74. The number of thioether (sulfide) groups is 1. The Bertz CT molecular complexity index is 559. The van der Waals surface area contributed by atoms with Gasteiger partial charge in [0.1, 0.15) is 0 Å². The van der Waals surface area contributed by atoms with Crippen LogP contribution in [0.1, 0.15) is 12.8 Å². The SMILES string of the molecule is CCN(C(=O)CSc1nnc(CN)o1)c1ccccc1. The zero-order chi connectivity index (χ0) is 14.4. The van der Waals surface area contributed by atoms with E-state index >= 15 is 0 Å². The minimum atomic E-state index is -0.00352. The lowest BCUT2D eigenvalue weighted by molar-refractivity contribution is -0.116. The molecule has 0 fully saturated rings. The lowest BCUT2D eigenvalue weighted by Gasteiger charge is -2.20. The molecule has 6 nitrogen and oxygen atoms in total. The van der Waals surface area contributed by atoms with Crippen molar-refractivity contribution in [2.75, 3.05) is 17.2 Å². The summed E-state index contributed by atoms with van der Waals surface area (Å²) in [7, 11) is 0. The molecule has 0 bridgehead atoms. The summed E-state index contributed by atoms with van der Waals surface area (Å²) in [5, 5.41) is 7.92. The second-order valence-corrected chi connectivity index (χ2v) is 4.85. The Morgan fingerprint density at radius 2 is 2.10 bits per heavy atom. The number of amides is 1. The Balaban J connectivity index is 1.96. The first kappa shape index (κ1) is 14.5. The monoisotopic (exact) mass is 292 g/mol. The molecular formula is C13H16N4O2S. The third-order valence-corrected chi connectivity index (χ3v) is 3.43. The maximum atomic E-state index is 12.2. The summed E-state index contributed by atoms with van der Waals surface area (Å²) >= 11 is 1.22. The summed E-state index contributed by atoms with van der Waals surface area (Å²) in [6.07, 6.45) is 0. The summed E-state index contributed by atoms with van der Waals surface area (Å²) in [5.74, 6) is 0.612. The molecule has 0 atom stereocenters. The van der Waals surface area contributed by atoms with E-state index in [4.69, 9.17) is 10.2 Å². The van der Waals surface area contributed by atoms with Crippen molar-refractivity contribution < 1.29 is 9.21 Å². The molecule has 106 valence electrons. The molecule has 1 aromatic heterocycles. The molecular weight excluding hydrogens is 276 g/mol. The van der Waals surface area contributed by atoms with Gasteiger partial charge in [-0.3, -0.25) is 4.79 Å². The van der Waals surface area contributed by atoms with Crippen molar-refractivity contribution in [3.8, 4) is 0 Å². The molecule has 0 saturated heterocycles. The van der Waals surface area contributed by atoms with E-state index in [1.54, 1.807) is 4.90 Å². The van der Waals surface area contributed by atoms with E-state index in [2.05, 4.69) is 10.2 Å². The number of anilines is 1. The minimum Gasteiger partial charge on any atom is -0.415 e. The predicted molar refractivity (Wildman–Crippen MR) is 77.4 cm³/mol. The van der Waals surface area contributed by atoms with Gasteiger partial charge in [-0.1, -0.05) is 30.0 Å². The number of carbonyl (C=O) groups excluding carboxylic acids is 1. The summed E-state index contributed by atoms with van der Waals surface area (Å²) in [6.45, 7) is 2.75. The van der Waals surface area contributed by atoms with Gasteiger partial charge < -0.3 is 15.1 Å². The Hall–Kier alpha value is -1.86. The first-order valence-electron chi connectivity index (χ1n) is 6.25. The van der Waals surface area contributed by atoms with E-state index < -0.39 is 0 Å². The van der Waals surface area contributed by atoms with Crippen LogP contribution in [-0.4, -0.2) is 28.4 Å². The van der Waals surface area contributed by atoms with Crippen molar-refractivity contribution in [1.29, 1.82) is 0 Å². The molecule has 0 saturated carbocycles. The molecule has 7 heteroatoms. The largest absolute Gasteiger partial charge is 0.415 e. The zero-order valence-electron chi connectivity index (χ0n) is 11.2. The molecule has 0 spiro atoms. The van der Waals surface area contributed by atoms with Gasteiger partial charge in [0.05, 0.1) is 12.3 Å². The summed E-state index contributed by atoms with van der Waals surface area (Å²) in [6, 6.07) is 9.55. The van der Waals surface area contributed by atoms with Crippen molar-refractivity contribution in [2.45, 2.75) is 18.7 Å². The van der Waals surface area contributed by atoms with Crippen LogP contribution in [0.2, 0.25) is 0 Å². The van der Waals surface area contributed by atoms with E-state index in [0.717, 1.165) is 5.69 Å². The van der Waals surface area contributed by atoms with Crippen LogP contribution in [0.25, 0.3) is 0 Å². The van der Waals surface area contributed by atoms with Crippen molar-refractivity contribution in [3.63, 3.8) is 0 Å². The van der Waals surface area contributed by atoms with E-state index in [1.165, 1.54) is 11.8 Å². The fourth-order valence-electron chi connectivity index (χ4n) is 1.69. The molecule has 1 amide bonds. The summed E-state index contributed by atoms with van der Waals surface area (Å²) in [5.41, 5.74) is 6.27. The predicted octanol–water partition coefficient (Wildman–Crippen LogP) is 1.67. The van der Waals surface area contributed by atoms with Crippen molar-refractivity contribution in [3.05, 3.63) is 36.2 Å². The van der Waals surface area contributed by atoms with Gasteiger partial charge in [-0.2, -0.15) is 0 Å². The second kappa shape index (κ2) is 7.06. The topological polar surface area (TPSA) is 85.2 Å². The van der Waals surface area contributed by atoms with Gasteiger partial charge in [0.15, 0.2) is 0 Å². The summed E-state index contributed by atoms with van der Waals surface area (Å²) < 4.78 is 5.25. The Morgan fingerprint density at radius 3 is 2.70 bits per heavy atom. The molecule has 2 rings (SSSR count). The molecule has 2 aromatic rings. The molecule has 20 heavy (non-hydrogen) atoms. The number of benzene rings is 1. The van der Waals surface area contributed by atoms with Crippen LogP contribution in [-0.2, 0) is 11.3 Å². The molecule has 1 aromatic carbocycles. The molecule has 0 unspecified atom stereocenters. The fourth-order valence-corrected chi connectivity index (χ4v) is 2.35. The Labute approximate surface area is 121 Å². The van der Waals surface area contributed by atoms with Crippen molar-refractivity contribution in [2.24, 2.45) is 5.73 Å². The van der Waals surface area contributed by atoms with E-state index in [9.17, 15) is 4.79 Å². The first-order valence-corrected chi connectivity index (χ1v) is 7.23. The maximum absolute atomic E-state index is 12.2. The highest BCUT2D eigenvalue weighted by Crippen LogP contribution is 2.19. The smallest absolute Gasteiger partial charge is 0.277 e. The van der Waals surface area contributed by atoms with Gasteiger partial charge in [-0.25, -0.2) is 0 Å². The average Bonchev–Trinajstić information content (AvgIpc) is 2.95. The number of hydrogen-bond donors (Lipinski definition) is 1. The maximum Gasteiger partial charge on any atom is 0.277 e. The highest BCUT2D eigenvalue weighted by atomic mass is 32.2. The fraction of sp³-hybridized carbons (Fsp3) is 0.308. The zero-order valence-corrected chi connectivity index (χ0v) is 12.0. The minimum absolute atomic E-state index is 0.00352. The Morgan fingerprint density at radius 1 is 1.35 bits per heavy atom. The lowest BCUT2D eigenvalue weighted by atomic mass is 10.3. The van der Waals surface area contributed by atoms with Gasteiger partial charge in [-0.15, -0.1) is 10.2 Å². The molecule has 0 radical (unpaired) electrons. The molecule has 1 heterocycles. The second-order valence-electron chi connectivity index (χ2n) is 3.93. The van der Waals surface area contributed by atoms with Crippen LogP contribution in [0.3, 0.4) is 0 Å². The van der Waals surface area contributed by atoms with Crippen LogP contribution < -0.4 is 10.6 Å². The molecule has 2 N–H and O–H groups in total. The summed E-state index contributed by atoms with van der Waals surface area (Å²) in [4.78, 5) is 13.9. The normalized spacial score (nSPS) is 10.5. The third kappa shape index (κ3) is 3.58. The number of nitrogens with two attached hydrogens (primary N) is 1. The van der Waals surface area contributed by atoms with Crippen molar-refractivity contribution >= 4 is 23.4 Å². The molecule has 0 aliphatic heterocycles. The van der Waals surface area contributed by atoms with Gasteiger partial charge in [0.2, 0.25) is 11.8 Å². The van der Waals surface area contributed by atoms with Crippen LogP contribution in [0.15, 0.2) is 40.0 Å².